The quantitative estimate of drug-likeness (QED) is 0.786. The van der Waals surface area contributed by atoms with E-state index in [1.54, 1.807) is 24.3 Å². The SMILES string of the molecule is O=c1[nH]nc(S(=O)(=O)c2ccc(Cl)cc2)c2ccccc12. The first-order chi connectivity index (χ1) is 10.00. The second-order valence-electron chi connectivity index (χ2n) is 4.36. The molecule has 0 atom stereocenters. The largest absolute Gasteiger partial charge is 0.272 e. The Balaban J connectivity index is 2.32. The van der Waals surface area contributed by atoms with E-state index in [9.17, 15) is 13.2 Å². The van der Waals surface area contributed by atoms with Crippen molar-refractivity contribution in [2.45, 2.75) is 9.92 Å². The molecule has 0 aliphatic heterocycles. The smallest absolute Gasteiger partial charge is 0.267 e. The van der Waals surface area contributed by atoms with Gasteiger partial charge >= 0.3 is 0 Å². The van der Waals surface area contributed by atoms with Gasteiger partial charge in [0.1, 0.15) is 0 Å². The molecule has 0 fully saturated rings. The topological polar surface area (TPSA) is 79.9 Å². The van der Waals surface area contributed by atoms with E-state index in [-0.39, 0.29) is 20.7 Å². The Bertz CT molecular complexity index is 979. The van der Waals surface area contributed by atoms with Crippen LogP contribution in [0.5, 0.6) is 0 Å². The van der Waals surface area contributed by atoms with E-state index in [0.29, 0.717) is 5.02 Å². The molecule has 5 nitrogen and oxygen atoms in total. The van der Waals surface area contributed by atoms with Crippen LogP contribution in [-0.4, -0.2) is 18.6 Å². The number of sulfone groups is 1. The van der Waals surface area contributed by atoms with Crippen molar-refractivity contribution < 1.29 is 8.42 Å². The molecule has 106 valence electrons. The number of fused-ring (bicyclic) bond motifs is 1. The summed E-state index contributed by atoms with van der Waals surface area (Å²) < 4.78 is 25.3. The van der Waals surface area contributed by atoms with E-state index in [2.05, 4.69) is 10.2 Å². The molecule has 2 aromatic carbocycles. The van der Waals surface area contributed by atoms with E-state index >= 15 is 0 Å². The molecular formula is C14H9ClN2O3S. The minimum absolute atomic E-state index is 0.0663. The Morgan fingerprint density at radius 3 is 2.24 bits per heavy atom. The maximum absolute atomic E-state index is 12.6. The lowest BCUT2D eigenvalue weighted by atomic mass is 10.2. The van der Waals surface area contributed by atoms with Crippen LogP contribution in [0.1, 0.15) is 0 Å². The number of halogens is 1. The zero-order valence-electron chi connectivity index (χ0n) is 10.6. The first-order valence-corrected chi connectivity index (χ1v) is 7.84. The minimum atomic E-state index is -3.84. The van der Waals surface area contributed by atoms with E-state index in [4.69, 9.17) is 11.6 Å². The van der Waals surface area contributed by atoms with Gasteiger partial charge in [-0.2, -0.15) is 5.10 Å². The Morgan fingerprint density at radius 2 is 1.57 bits per heavy atom. The number of H-pyrrole nitrogens is 1. The predicted octanol–water partition coefficient (Wildman–Crippen LogP) is 2.41. The maximum Gasteiger partial charge on any atom is 0.272 e. The molecule has 0 aliphatic rings. The highest BCUT2D eigenvalue weighted by atomic mass is 35.5. The molecule has 0 amide bonds. The summed E-state index contributed by atoms with van der Waals surface area (Å²) in [5.74, 6) is 0. The molecule has 1 N–H and O–H groups in total. The molecule has 0 aliphatic carbocycles. The molecule has 0 bridgehead atoms. The molecule has 21 heavy (non-hydrogen) atoms. The van der Waals surface area contributed by atoms with Gasteiger partial charge in [0.05, 0.1) is 10.3 Å². The number of hydrogen-bond donors (Lipinski definition) is 1. The molecule has 3 aromatic rings. The third-order valence-electron chi connectivity index (χ3n) is 3.04. The predicted molar refractivity (Wildman–Crippen MR) is 79.3 cm³/mol. The number of hydrogen-bond acceptors (Lipinski definition) is 4. The molecule has 0 spiro atoms. The monoisotopic (exact) mass is 320 g/mol. The van der Waals surface area contributed by atoms with Crippen LogP contribution in [0.25, 0.3) is 10.8 Å². The van der Waals surface area contributed by atoms with Crippen molar-refractivity contribution in [1.82, 2.24) is 10.2 Å². The summed E-state index contributed by atoms with van der Waals surface area (Å²) in [6.07, 6.45) is 0. The van der Waals surface area contributed by atoms with Gasteiger partial charge in [0.2, 0.25) is 9.84 Å². The molecule has 1 aromatic heterocycles. The highest BCUT2D eigenvalue weighted by molar-refractivity contribution is 7.91. The molecule has 7 heteroatoms. The average Bonchev–Trinajstić information content (AvgIpc) is 2.48. The van der Waals surface area contributed by atoms with Gasteiger partial charge in [0, 0.05) is 10.4 Å². The van der Waals surface area contributed by atoms with Crippen LogP contribution in [0.2, 0.25) is 5.02 Å². The van der Waals surface area contributed by atoms with E-state index < -0.39 is 15.4 Å². The minimum Gasteiger partial charge on any atom is -0.267 e. The van der Waals surface area contributed by atoms with Gasteiger partial charge in [-0.25, -0.2) is 13.5 Å². The molecular weight excluding hydrogens is 312 g/mol. The average molecular weight is 321 g/mol. The zero-order valence-corrected chi connectivity index (χ0v) is 12.1. The molecule has 0 saturated carbocycles. The van der Waals surface area contributed by atoms with Crippen molar-refractivity contribution in [1.29, 1.82) is 0 Å². The summed E-state index contributed by atoms with van der Waals surface area (Å²) in [5.41, 5.74) is -0.430. The second-order valence-corrected chi connectivity index (χ2v) is 6.66. The Kier molecular flexibility index (Phi) is 3.27. The van der Waals surface area contributed by atoms with Crippen LogP contribution < -0.4 is 5.56 Å². The summed E-state index contributed by atoms with van der Waals surface area (Å²) in [4.78, 5) is 11.8. The zero-order chi connectivity index (χ0) is 15.0. The van der Waals surface area contributed by atoms with Crippen molar-refractivity contribution in [2.75, 3.05) is 0 Å². The number of nitrogens with zero attached hydrogens (tertiary/aromatic N) is 1. The summed E-state index contributed by atoms with van der Waals surface area (Å²) in [5, 5.41) is 6.76. The summed E-state index contributed by atoms with van der Waals surface area (Å²) >= 11 is 5.77. The maximum atomic E-state index is 12.6. The standard InChI is InChI=1S/C14H9ClN2O3S/c15-9-5-7-10(8-6-9)21(19,20)14-12-4-2-1-3-11(12)13(18)16-17-14/h1-8H,(H,16,18). The van der Waals surface area contributed by atoms with Crippen LogP contribution >= 0.6 is 11.6 Å². The van der Waals surface area contributed by atoms with Crippen LogP contribution in [-0.2, 0) is 9.84 Å². The van der Waals surface area contributed by atoms with Crippen molar-refractivity contribution in [2.24, 2.45) is 0 Å². The van der Waals surface area contributed by atoms with Gasteiger partial charge in [0.25, 0.3) is 5.56 Å². The fraction of sp³-hybridized carbons (Fsp3) is 0. The Morgan fingerprint density at radius 1 is 0.952 bits per heavy atom. The third kappa shape index (κ3) is 2.32. The van der Waals surface area contributed by atoms with Gasteiger partial charge in [-0.15, -0.1) is 0 Å². The summed E-state index contributed by atoms with van der Waals surface area (Å²) in [6.45, 7) is 0. The first-order valence-electron chi connectivity index (χ1n) is 5.98. The normalized spacial score (nSPS) is 11.7. The van der Waals surface area contributed by atoms with Crippen LogP contribution in [0, 0.1) is 0 Å². The van der Waals surface area contributed by atoms with Gasteiger partial charge in [0.15, 0.2) is 5.03 Å². The molecule has 0 unspecified atom stereocenters. The molecule has 0 radical (unpaired) electrons. The van der Waals surface area contributed by atoms with Gasteiger partial charge in [-0.3, -0.25) is 4.79 Å². The van der Waals surface area contributed by atoms with Gasteiger partial charge in [-0.05, 0) is 30.3 Å². The van der Waals surface area contributed by atoms with E-state index in [0.717, 1.165) is 0 Å². The van der Waals surface area contributed by atoms with Crippen LogP contribution in [0.3, 0.4) is 0 Å². The molecule has 3 rings (SSSR count). The number of nitrogens with one attached hydrogen (secondary N) is 1. The van der Waals surface area contributed by atoms with Crippen LogP contribution in [0.15, 0.2) is 63.2 Å². The first kappa shape index (κ1) is 13.8. The highest BCUT2D eigenvalue weighted by Crippen LogP contribution is 2.25. The molecule has 0 saturated heterocycles. The fourth-order valence-electron chi connectivity index (χ4n) is 2.02. The summed E-state index contributed by atoms with van der Waals surface area (Å²) in [6, 6.07) is 12.2. The van der Waals surface area contributed by atoms with Gasteiger partial charge < -0.3 is 0 Å². The van der Waals surface area contributed by atoms with Crippen molar-refractivity contribution in [3.05, 3.63) is 63.9 Å². The van der Waals surface area contributed by atoms with E-state index in [1.807, 2.05) is 0 Å². The van der Waals surface area contributed by atoms with Crippen molar-refractivity contribution >= 4 is 32.2 Å². The van der Waals surface area contributed by atoms with Gasteiger partial charge in [-0.1, -0.05) is 29.8 Å². The number of aromatic nitrogens is 2. The second kappa shape index (κ2) is 4.98. The molecule has 1 heterocycles. The third-order valence-corrected chi connectivity index (χ3v) is 5.00. The van der Waals surface area contributed by atoms with Crippen LogP contribution in [0.4, 0.5) is 0 Å². The van der Waals surface area contributed by atoms with Crippen molar-refractivity contribution in [3.63, 3.8) is 0 Å². The van der Waals surface area contributed by atoms with Crippen molar-refractivity contribution in [3.8, 4) is 0 Å². The Labute approximate surface area is 125 Å². The lowest BCUT2D eigenvalue weighted by molar-refractivity contribution is 0.591. The Hall–Kier alpha value is -2.18. The lowest BCUT2D eigenvalue weighted by Gasteiger charge is -2.06. The number of rotatable bonds is 2. The highest BCUT2D eigenvalue weighted by Gasteiger charge is 2.23. The van der Waals surface area contributed by atoms with E-state index in [1.165, 1.54) is 24.3 Å². The number of aromatic amines is 1. The fourth-order valence-corrected chi connectivity index (χ4v) is 3.50. The number of benzene rings is 2. The summed E-state index contributed by atoms with van der Waals surface area (Å²) in [7, 11) is -3.84. The lowest BCUT2D eigenvalue weighted by Crippen LogP contribution is -2.14.